The van der Waals surface area contributed by atoms with Crippen LogP contribution in [-0.4, -0.2) is 53.6 Å². The summed E-state index contributed by atoms with van der Waals surface area (Å²) in [6.07, 6.45) is 1.47. The van der Waals surface area contributed by atoms with Gasteiger partial charge in [-0.15, -0.1) is 5.10 Å². The molecule has 2 aromatic carbocycles. The number of hydrogen-bond donors (Lipinski definition) is 1. The average molecular weight is 365 g/mol. The minimum Gasteiger partial charge on any atom is -0.497 e. The molecule has 1 heterocycles. The fraction of sp³-hybridized carbons (Fsp3) is 0.250. The molecule has 0 spiro atoms. The SMILES string of the molecule is COc1ccc(C(CNC(=O)c2cnn(-c3ccccc3)n2)N(C)C)cc1. The third-order valence-electron chi connectivity index (χ3n) is 4.29. The molecule has 1 aromatic heterocycles. The Morgan fingerprint density at radius 1 is 1.15 bits per heavy atom. The summed E-state index contributed by atoms with van der Waals surface area (Å²) in [5, 5.41) is 11.4. The first-order valence-electron chi connectivity index (χ1n) is 8.65. The second-order valence-electron chi connectivity index (χ2n) is 6.32. The van der Waals surface area contributed by atoms with Crippen LogP contribution >= 0.6 is 0 Å². The molecular formula is C20H23N5O2. The maximum atomic E-state index is 12.5. The number of rotatable bonds is 7. The number of nitrogens with one attached hydrogen (secondary N) is 1. The number of nitrogens with zero attached hydrogens (tertiary/aromatic N) is 4. The molecule has 1 unspecified atom stereocenters. The fourth-order valence-electron chi connectivity index (χ4n) is 2.76. The van der Waals surface area contributed by atoms with Gasteiger partial charge >= 0.3 is 0 Å². The molecule has 0 fully saturated rings. The van der Waals surface area contributed by atoms with E-state index in [0.29, 0.717) is 6.54 Å². The predicted octanol–water partition coefficient (Wildman–Crippen LogP) is 2.31. The first kappa shape index (κ1) is 18.6. The molecule has 1 N–H and O–H groups in total. The van der Waals surface area contributed by atoms with Crippen molar-refractivity contribution < 1.29 is 9.53 Å². The van der Waals surface area contributed by atoms with Gasteiger partial charge in [0.15, 0.2) is 5.69 Å². The number of likely N-dealkylation sites (N-methyl/N-ethyl adjacent to an activating group) is 1. The van der Waals surface area contributed by atoms with E-state index in [1.54, 1.807) is 7.11 Å². The Morgan fingerprint density at radius 2 is 1.85 bits per heavy atom. The normalized spacial score (nSPS) is 12.0. The summed E-state index contributed by atoms with van der Waals surface area (Å²) < 4.78 is 5.20. The molecule has 3 rings (SSSR count). The summed E-state index contributed by atoms with van der Waals surface area (Å²) in [6, 6.07) is 17.3. The van der Waals surface area contributed by atoms with Crippen LogP contribution in [0.5, 0.6) is 5.75 Å². The van der Waals surface area contributed by atoms with Crippen LogP contribution in [0.15, 0.2) is 60.8 Å². The lowest BCUT2D eigenvalue weighted by atomic mass is 10.1. The van der Waals surface area contributed by atoms with Crippen LogP contribution in [0.3, 0.4) is 0 Å². The highest BCUT2D eigenvalue weighted by Crippen LogP contribution is 2.20. The van der Waals surface area contributed by atoms with Crippen LogP contribution < -0.4 is 10.1 Å². The first-order chi connectivity index (χ1) is 13.1. The van der Waals surface area contributed by atoms with E-state index in [1.165, 1.54) is 11.0 Å². The van der Waals surface area contributed by atoms with E-state index < -0.39 is 0 Å². The molecule has 3 aromatic rings. The van der Waals surface area contributed by atoms with Crippen LogP contribution in [0.2, 0.25) is 0 Å². The standard InChI is InChI=1S/C20H23N5O2/c1-24(2)19(15-9-11-17(27-3)12-10-15)14-21-20(26)18-13-22-25(23-18)16-7-5-4-6-8-16/h4-13,19H,14H2,1-3H3,(H,21,26). The lowest BCUT2D eigenvalue weighted by molar-refractivity contribution is 0.0936. The van der Waals surface area contributed by atoms with Crippen molar-refractivity contribution in [3.8, 4) is 11.4 Å². The summed E-state index contributed by atoms with van der Waals surface area (Å²) in [5.41, 5.74) is 2.18. The molecule has 27 heavy (non-hydrogen) atoms. The van der Waals surface area contributed by atoms with Gasteiger partial charge in [0.05, 0.1) is 25.0 Å². The van der Waals surface area contributed by atoms with E-state index in [9.17, 15) is 4.79 Å². The Morgan fingerprint density at radius 3 is 2.48 bits per heavy atom. The zero-order valence-electron chi connectivity index (χ0n) is 15.7. The zero-order chi connectivity index (χ0) is 19.2. The van der Waals surface area contributed by atoms with Gasteiger partial charge in [-0.25, -0.2) is 0 Å². The van der Waals surface area contributed by atoms with Crippen molar-refractivity contribution in [2.24, 2.45) is 0 Å². The number of carbonyl (C=O) groups excluding carboxylic acids is 1. The Balaban J connectivity index is 1.66. The Labute approximate surface area is 158 Å². The maximum absolute atomic E-state index is 12.5. The number of amides is 1. The lowest BCUT2D eigenvalue weighted by Crippen LogP contribution is -2.34. The number of ether oxygens (including phenoxy) is 1. The van der Waals surface area contributed by atoms with Crippen molar-refractivity contribution in [3.63, 3.8) is 0 Å². The van der Waals surface area contributed by atoms with Gasteiger partial charge in [-0.05, 0) is 43.9 Å². The van der Waals surface area contributed by atoms with E-state index in [-0.39, 0.29) is 17.6 Å². The van der Waals surface area contributed by atoms with E-state index in [0.717, 1.165) is 17.0 Å². The third kappa shape index (κ3) is 4.51. The van der Waals surface area contributed by atoms with Crippen molar-refractivity contribution in [1.82, 2.24) is 25.2 Å². The Kier molecular flexibility index (Phi) is 5.83. The number of aromatic nitrogens is 3. The quantitative estimate of drug-likeness (QED) is 0.696. The molecule has 0 aliphatic rings. The topological polar surface area (TPSA) is 72.3 Å². The summed E-state index contributed by atoms with van der Waals surface area (Å²) in [6.45, 7) is 0.455. The first-order valence-corrected chi connectivity index (χ1v) is 8.65. The van der Waals surface area contributed by atoms with E-state index in [4.69, 9.17) is 4.74 Å². The molecule has 7 nitrogen and oxygen atoms in total. The van der Waals surface area contributed by atoms with Crippen molar-refractivity contribution >= 4 is 5.91 Å². The lowest BCUT2D eigenvalue weighted by Gasteiger charge is -2.25. The Bertz CT molecular complexity index is 875. The largest absolute Gasteiger partial charge is 0.497 e. The highest BCUT2D eigenvalue weighted by Gasteiger charge is 2.17. The highest BCUT2D eigenvalue weighted by molar-refractivity contribution is 5.91. The monoisotopic (exact) mass is 365 g/mol. The predicted molar refractivity (Wildman–Crippen MR) is 103 cm³/mol. The minimum atomic E-state index is -0.252. The highest BCUT2D eigenvalue weighted by atomic mass is 16.5. The fourth-order valence-corrected chi connectivity index (χ4v) is 2.76. The minimum absolute atomic E-state index is 0.0315. The molecule has 140 valence electrons. The van der Waals surface area contributed by atoms with Crippen LogP contribution in [0.1, 0.15) is 22.1 Å². The van der Waals surface area contributed by atoms with Crippen LogP contribution in [0.25, 0.3) is 5.69 Å². The zero-order valence-corrected chi connectivity index (χ0v) is 15.7. The Hall–Kier alpha value is -3.19. The molecule has 0 radical (unpaired) electrons. The van der Waals surface area contributed by atoms with Gasteiger partial charge in [0.25, 0.3) is 5.91 Å². The summed E-state index contributed by atoms with van der Waals surface area (Å²) in [7, 11) is 5.60. The molecule has 1 amide bonds. The molecule has 0 bridgehead atoms. The van der Waals surface area contributed by atoms with Crippen LogP contribution in [-0.2, 0) is 0 Å². The summed E-state index contributed by atoms with van der Waals surface area (Å²) >= 11 is 0. The molecular weight excluding hydrogens is 342 g/mol. The second kappa shape index (κ2) is 8.46. The van der Waals surface area contributed by atoms with E-state index in [1.807, 2.05) is 68.7 Å². The molecule has 0 saturated heterocycles. The number of hydrogen-bond acceptors (Lipinski definition) is 5. The van der Waals surface area contributed by atoms with Crippen molar-refractivity contribution in [2.45, 2.75) is 6.04 Å². The van der Waals surface area contributed by atoms with Gasteiger partial charge in [0, 0.05) is 6.54 Å². The molecule has 0 saturated carbocycles. The van der Waals surface area contributed by atoms with Crippen LogP contribution in [0.4, 0.5) is 0 Å². The van der Waals surface area contributed by atoms with Gasteiger partial charge < -0.3 is 15.0 Å². The van der Waals surface area contributed by atoms with Crippen LogP contribution in [0, 0.1) is 0 Å². The van der Waals surface area contributed by atoms with Crippen molar-refractivity contribution in [3.05, 3.63) is 72.1 Å². The smallest absolute Gasteiger partial charge is 0.273 e. The van der Waals surface area contributed by atoms with Gasteiger partial charge in [0.2, 0.25) is 0 Å². The van der Waals surface area contributed by atoms with Gasteiger partial charge in [-0.1, -0.05) is 30.3 Å². The maximum Gasteiger partial charge on any atom is 0.273 e. The average Bonchev–Trinajstić information content (AvgIpc) is 3.19. The summed E-state index contributed by atoms with van der Waals surface area (Å²) in [5.74, 6) is 0.551. The number of benzene rings is 2. The molecule has 0 aliphatic heterocycles. The van der Waals surface area contributed by atoms with Gasteiger partial charge in [-0.2, -0.15) is 9.90 Å². The number of methoxy groups -OCH3 is 1. The number of para-hydroxylation sites is 1. The molecule has 7 heteroatoms. The van der Waals surface area contributed by atoms with Gasteiger partial charge in [0.1, 0.15) is 5.75 Å². The van der Waals surface area contributed by atoms with Gasteiger partial charge in [-0.3, -0.25) is 4.79 Å². The van der Waals surface area contributed by atoms with E-state index in [2.05, 4.69) is 20.4 Å². The second-order valence-corrected chi connectivity index (χ2v) is 6.32. The number of carbonyl (C=O) groups is 1. The molecule has 1 atom stereocenters. The van der Waals surface area contributed by atoms with Crippen molar-refractivity contribution in [1.29, 1.82) is 0 Å². The van der Waals surface area contributed by atoms with Crippen molar-refractivity contribution in [2.75, 3.05) is 27.7 Å². The molecule has 0 aliphatic carbocycles. The summed E-state index contributed by atoms with van der Waals surface area (Å²) in [4.78, 5) is 16.0. The van der Waals surface area contributed by atoms with E-state index >= 15 is 0 Å². The third-order valence-corrected chi connectivity index (χ3v) is 4.29.